The summed E-state index contributed by atoms with van der Waals surface area (Å²) in [4.78, 5) is 11.9. The highest BCUT2D eigenvalue weighted by atomic mass is 79.9. The van der Waals surface area contributed by atoms with Crippen LogP contribution in [0.2, 0.25) is 5.02 Å². The summed E-state index contributed by atoms with van der Waals surface area (Å²) >= 11 is 9.11. The van der Waals surface area contributed by atoms with E-state index >= 15 is 0 Å². The van der Waals surface area contributed by atoms with Gasteiger partial charge in [0.2, 0.25) is 0 Å². The van der Waals surface area contributed by atoms with E-state index in [-0.39, 0.29) is 32.6 Å². The van der Waals surface area contributed by atoms with Crippen LogP contribution in [0.25, 0.3) is 0 Å². The van der Waals surface area contributed by atoms with Gasteiger partial charge in [-0.15, -0.1) is 0 Å². The second-order valence-electron chi connectivity index (χ2n) is 4.18. The molecule has 118 valence electrons. The van der Waals surface area contributed by atoms with E-state index < -0.39 is 15.0 Å². The molecule has 5 nitrogen and oxygen atoms in total. The SMILES string of the molecule is CCOC(C)CNC(=O)c1cc(S(=O)(=O)Cl)cc(Br)c1Cl. The van der Waals surface area contributed by atoms with Gasteiger partial charge in [-0.1, -0.05) is 11.6 Å². The van der Waals surface area contributed by atoms with Crippen LogP contribution >= 0.6 is 38.2 Å². The Labute approximate surface area is 141 Å². The van der Waals surface area contributed by atoms with Crippen molar-refractivity contribution in [3.05, 3.63) is 27.2 Å². The topological polar surface area (TPSA) is 72.5 Å². The Morgan fingerprint density at radius 2 is 2.10 bits per heavy atom. The molecule has 0 saturated carbocycles. The van der Waals surface area contributed by atoms with Crippen molar-refractivity contribution in [2.45, 2.75) is 24.8 Å². The standard InChI is InChI=1S/C12H14BrCl2NO4S/c1-3-20-7(2)6-16-12(17)9-4-8(21(15,18)19)5-10(13)11(9)14/h4-5,7H,3,6H2,1-2H3,(H,16,17). The van der Waals surface area contributed by atoms with Crippen LogP contribution in [0.1, 0.15) is 24.2 Å². The highest BCUT2D eigenvalue weighted by Crippen LogP contribution is 2.31. The van der Waals surface area contributed by atoms with Gasteiger partial charge in [0.15, 0.2) is 0 Å². The first-order valence-electron chi connectivity index (χ1n) is 6.00. The Balaban J connectivity index is 3.01. The molecule has 1 N–H and O–H groups in total. The van der Waals surface area contributed by atoms with Crippen molar-refractivity contribution in [3.63, 3.8) is 0 Å². The molecule has 0 spiro atoms. The van der Waals surface area contributed by atoms with Crippen LogP contribution in [0.5, 0.6) is 0 Å². The lowest BCUT2D eigenvalue weighted by atomic mass is 10.2. The van der Waals surface area contributed by atoms with Crippen LogP contribution < -0.4 is 5.32 Å². The zero-order valence-corrected chi connectivity index (χ0v) is 15.2. The molecule has 21 heavy (non-hydrogen) atoms. The van der Waals surface area contributed by atoms with E-state index in [1.165, 1.54) is 6.07 Å². The molecule has 1 atom stereocenters. The molecular weight excluding hydrogens is 405 g/mol. The molecule has 0 aromatic heterocycles. The summed E-state index contributed by atoms with van der Waals surface area (Å²) in [6.07, 6.45) is -0.166. The van der Waals surface area contributed by atoms with Crippen molar-refractivity contribution in [2.24, 2.45) is 0 Å². The number of halogens is 3. The number of carbonyl (C=O) groups is 1. The zero-order valence-electron chi connectivity index (χ0n) is 11.3. The maximum absolute atomic E-state index is 12.1. The molecule has 0 radical (unpaired) electrons. The molecule has 1 aromatic rings. The summed E-state index contributed by atoms with van der Waals surface area (Å²) in [7, 11) is 1.33. The minimum atomic E-state index is -3.96. The molecule has 1 amide bonds. The minimum absolute atomic E-state index is 0.0222. The monoisotopic (exact) mass is 417 g/mol. The molecule has 1 rings (SSSR count). The summed E-state index contributed by atoms with van der Waals surface area (Å²) in [6, 6.07) is 2.38. The molecule has 9 heteroatoms. The molecule has 0 saturated heterocycles. The molecule has 0 aliphatic heterocycles. The molecule has 0 aliphatic carbocycles. The average molecular weight is 419 g/mol. The first kappa shape index (κ1) is 18.7. The van der Waals surface area contributed by atoms with Crippen molar-refractivity contribution < 1.29 is 17.9 Å². The summed E-state index contributed by atoms with van der Waals surface area (Å²) in [5.41, 5.74) is 0.0222. The van der Waals surface area contributed by atoms with Crippen molar-refractivity contribution in [1.29, 1.82) is 0 Å². The molecule has 0 aliphatic rings. The van der Waals surface area contributed by atoms with E-state index in [4.69, 9.17) is 27.0 Å². The van der Waals surface area contributed by atoms with Crippen LogP contribution in [-0.2, 0) is 13.8 Å². The fourth-order valence-corrected chi connectivity index (χ4v) is 3.14. The summed E-state index contributed by atoms with van der Waals surface area (Å²) in [5.74, 6) is -0.505. The zero-order chi connectivity index (χ0) is 16.2. The number of amides is 1. The van der Waals surface area contributed by atoms with Crippen LogP contribution in [0.4, 0.5) is 0 Å². The fourth-order valence-electron chi connectivity index (χ4n) is 1.55. The van der Waals surface area contributed by atoms with Gasteiger partial charge in [-0.2, -0.15) is 0 Å². The van der Waals surface area contributed by atoms with E-state index in [1.54, 1.807) is 6.92 Å². The van der Waals surface area contributed by atoms with Gasteiger partial charge in [0.1, 0.15) is 0 Å². The number of ether oxygens (including phenoxy) is 1. The van der Waals surface area contributed by atoms with Crippen molar-refractivity contribution in [1.82, 2.24) is 5.32 Å². The molecule has 1 aromatic carbocycles. The molecular formula is C12H14BrCl2NO4S. The fraction of sp³-hybridized carbons (Fsp3) is 0.417. The third-order valence-electron chi connectivity index (χ3n) is 2.53. The first-order chi connectivity index (χ1) is 9.66. The Kier molecular flexibility index (Phi) is 6.93. The Morgan fingerprint density at radius 3 is 2.62 bits per heavy atom. The highest BCUT2D eigenvalue weighted by molar-refractivity contribution is 9.10. The molecule has 1 unspecified atom stereocenters. The van der Waals surface area contributed by atoms with E-state index in [1.807, 2.05) is 6.92 Å². The lowest BCUT2D eigenvalue weighted by molar-refractivity contribution is 0.0695. The second kappa shape index (κ2) is 7.78. The van der Waals surface area contributed by atoms with Gasteiger partial charge in [-0.05, 0) is 41.9 Å². The number of carbonyl (C=O) groups excluding carboxylic acids is 1. The van der Waals surface area contributed by atoms with Gasteiger partial charge < -0.3 is 10.1 Å². The minimum Gasteiger partial charge on any atom is -0.377 e. The van der Waals surface area contributed by atoms with Gasteiger partial charge in [0.05, 0.1) is 21.6 Å². The van der Waals surface area contributed by atoms with Crippen LogP contribution in [0.15, 0.2) is 21.5 Å². The normalized spacial score (nSPS) is 13.0. The van der Waals surface area contributed by atoms with Crippen LogP contribution in [-0.4, -0.2) is 33.6 Å². The van der Waals surface area contributed by atoms with E-state index in [9.17, 15) is 13.2 Å². The maximum Gasteiger partial charge on any atom is 0.261 e. The third kappa shape index (κ3) is 5.41. The number of nitrogens with one attached hydrogen (secondary N) is 1. The lowest BCUT2D eigenvalue weighted by Gasteiger charge is -2.14. The van der Waals surface area contributed by atoms with Gasteiger partial charge in [-0.3, -0.25) is 4.79 Å². The van der Waals surface area contributed by atoms with Crippen LogP contribution in [0, 0.1) is 0 Å². The van der Waals surface area contributed by atoms with E-state index in [2.05, 4.69) is 21.2 Å². The van der Waals surface area contributed by atoms with E-state index in [0.29, 0.717) is 6.61 Å². The molecule has 0 heterocycles. The highest BCUT2D eigenvalue weighted by Gasteiger charge is 2.20. The molecule has 0 bridgehead atoms. The van der Waals surface area contributed by atoms with Crippen molar-refractivity contribution in [3.8, 4) is 0 Å². The quantitative estimate of drug-likeness (QED) is 0.720. The van der Waals surface area contributed by atoms with Crippen molar-refractivity contribution >= 4 is 53.2 Å². The Hall–Kier alpha value is -0.340. The maximum atomic E-state index is 12.1. The largest absolute Gasteiger partial charge is 0.377 e. The number of hydrogen-bond donors (Lipinski definition) is 1. The number of benzene rings is 1. The van der Waals surface area contributed by atoms with Gasteiger partial charge in [0, 0.05) is 28.3 Å². The van der Waals surface area contributed by atoms with Crippen molar-refractivity contribution in [2.75, 3.05) is 13.2 Å². The summed E-state index contributed by atoms with van der Waals surface area (Å²) in [5, 5.41) is 2.73. The second-order valence-corrected chi connectivity index (χ2v) is 7.98. The van der Waals surface area contributed by atoms with Gasteiger partial charge in [-0.25, -0.2) is 8.42 Å². The number of hydrogen-bond acceptors (Lipinski definition) is 4. The predicted octanol–water partition coefficient (Wildman–Crippen LogP) is 3.18. The van der Waals surface area contributed by atoms with Crippen LogP contribution in [0.3, 0.4) is 0 Å². The van der Waals surface area contributed by atoms with Gasteiger partial charge >= 0.3 is 0 Å². The third-order valence-corrected chi connectivity index (χ3v) is 5.12. The predicted molar refractivity (Wildman–Crippen MR) is 85.6 cm³/mol. The first-order valence-corrected chi connectivity index (χ1v) is 9.48. The smallest absolute Gasteiger partial charge is 0.261 e. The summed E-state index contributed by atoms with van der Waals surface area (Å²) in [6.45, 7) is 4.46. The summed E-state index contributed by atoms with van der Waals surface area (Å²) < 4.78 is 28.3. The average Bonchev–Trinajstić information content (AvgIpc) is 2.38. The lowest BCUT2D eigenvalue weighted by Crippen LogP contribution is -2.32. The molecule has 0 fully saturated rings. The number of rotatable bonds is 6. The Morgan fingerprint density at radius 1 is 1.48 bits per heavy atom. The Bertz CT molecular complexity index is 636. The van der Waals surface area contributed by atoms with E-state index in [0.717, 1.165) is 6.07 Å². The van der Waals surface area contributed by atoms with Gasteiger partial charge in [0.25, 0.3) is 15.0 Å².